The molecule has 8 heteroatoms. The molecule has 2 unspecified atom stereocenters. The third kappa shape index (κ3) is 4.29. The largest absolute Gasteiger partial charge is 0.315 e. The summed E-state index contributed by atoms with van der Waals surface area (Å²) in [5, 5.41) is 2.58. The fourth-order valence-corrected chi connectivity index (χ4v) is 3.62. The second-order valence-corrected chi connectivity index (χ2v) is 5.82. The lowest BCUT2D eigenvalue weighted by atomic mass is 10.0. The number of nitrogens with zero attached hydrogens (tertiary/aromatic N) is 1. The van der Waals surface area contributed by atoms with E-state index in [2.05, 4.69) is 10.3 Å². The number of nitrogens with one attached hydrogen (secondary N) is 1. The Labute approximate surface area is 126 Å². The lowest BCUT2D eigenvalue weighted by Gasteiger charge is -2.18. The molecule has 0 saturated carbocycles. The van der Waals surface area contributed by atoms with Crippen molar-refractivity contribution in [3.8, 4) is 0 Å². The molecule has 1 aliphatic rings. The summed E-state index contributed by atoms with van der Waals surface area (Å²) >= 11 is 0. The van der Waals surface area contributed by atoms with Crippen LogP contribution in [0.4, 0.5) is 0 Å². The summed E-state index contributed by atoms with van der Waals surface area (Å²) in [7, 11) is -3.50. The molecule has 0 aromatic carbocycles. The van der Waals surface area contributed by atoms with Gasteiger partial charge in [0.1, 0.15) is 5.25 Å². The lowest BCUT2D eigenvalue weighted by Crippen LogP contribution is -2.30. The molecule has 1 N–H and O–H groups in total. The number of rotatable bonds is 4. The van der Waals surface area contributed by atoms with E-state index in [-0.39, 0.29) is 37.3 Å². The van der Waals surface area contributed by atoms with E-state index >= 15 is 0 Å². The molecule has 0 amide bonds. The van der Waals surface area contributed by atoms with Crippen LogP contribution in [0.1, 0.15) is 18.4 Å². The van der Waals surface area contributed by atoms with Gasteiger partial charge in [0.25, 0.3) is 10.1 Å². The number of aromatic nitrogens is 1. The molecule has 0 bridgehead atoms. The molecule has 0 aliphatic carbocycles. The number of hydrogen-bond donors (Lipinski definition) is 1. The minimum absolute atomic E-state index is 0. The maximum atomic E-state index is 11.9. The van der Waals surface area contributed by atoms with E-state index in [1.54, 1.807) is 19.3 Å². The normalized spacial score (nSPS) is 22.4. The molecule has 0 radical (unpaired) electrons. The van der Waals surface area contributed by atoms with Gasteiger partial charge >= 0.3 is 0 Å². The first kappa shape index (κ1) is 18.6. The summed E-state index contributed by atoms with van der Waals surface area (Å²) in [6, 6.07) is 3.72. The molecule has 2 atom stereocenters. The van der Waals surface area contributed by atoms with Gasteiger partial charge in [-0.1, -0.05) is 6.07 Å². The Balaban J connectivity index is 0.00000162. The molecular formula is C11H18Cl2N2O3S. The monoisotopic (exact) mass is 328 g/mol. The zero-order chi connectivity index (χ0) is 12.3. The third-order valence-corrected chi connectivity index (χ3v) is 4.73. The number of pyridine rings is 1. The second-order valence-electron chi connectivity index (χ2n) is 3.99. The lowest BCUT2D eigenvalue weighted by molar-refractivity contribution is 0.330. The van der Waals surface area contributed by atoms with Gasteiger partial charge in [0, 0.05) is 31.4 Å². The van der Waals surface area contributed by atoms with E-state index in [0.29, 0.717) is 13.1 Å². The van der Waals surface area contributed by atoms with Crippen molar-refractivity contribution in [2.24, 2.45) is 0 Å². The minimum atomic E-state index is -3.50. The van der Waals surface area contributed by atoms with Crippen molar-refractivity contribution in [2.45, 2.75) is 18.1 Å². The summed E-state index contributed by atoms with van der Waals surface area (Å²) in [5.41, 5.74) is 0.936. The van der Waals surface area contributed by atoms with Crippen LogP contribution in [0.2, 0.25) is 0 Å². The van der Waals surface area contributed by atoms with Crippen molar-refractivity contribution in [3.63, 3.8) is 0 Å². The molecule has 110 valence electrons. The average molecular weight is 329 g/mol. The molecule has 1 fully saturated rings. The zero-order valence-electron chi connectivity index (χ0n) is 10.5. The van der Waals surface area contributed by atoms with Gasteiger partial charge in [-0.05, 0) is 18.6 Å². The van der Waals surface area contributed by atoms with Gasteiger partial charge in [0.15, 0.2) is 0 Å². The Morgan fingerprint density at radius 2 is 2.16 bits per heavy atom. The van der Waals surface area contributed by atoms with Gasteiger partial charge < -0.3 is 5.32 Å². The summed E-state index contributed by atoms with van der Waals surface area (Å²) in [6.45, 7) is 2.93. The van der Waals surface area contributed by atoms with Crippen molar-refractivity contribution >= 4 is 34.9 Å². The van der Waals surface area contributed by atoms with Gasteiger partial charge in [-0.15, -0.1) is 24.8 Å². The summed E-state index contributed by atoms with van der Waals surface area (Å²) in [4.78, 5) is 4.03. The molecule has 2 rings (SSSR count). The Morgan fingerprint density at radius 1 is 1.42 bits per heavy atom. The molecule has 19 heavy (non-hydrogen) atoms. The SMILES string of the molecule is CCOS(=O)(=O)C1CNCC1c1cccnc1.Cl.Cl. The Morgan fingerprint density at radius 3 is 2.74 bits per heavy atom. The Hall–Kier alpha value is -0.400. The summed E-state index contributed by atoms with van der Waals surface area (Å²) < 4.78 is 28.7. The van der Waals surface area contributed by atoms with Crippen LogP contribution in [0.3, 0.4) is 0 Å². The third-order valence-electron chi connectivity index (χ3n) is 2.92. The van der Waals surface area contributed by atoms with E-state index in [1.807, 2.05) is 12.1 Å². The van der Waals surface area contributed by atoms with Gasteiger partial charge in [0.05, 0.1) is 6.61 Å². The average Bonchev–Trinajstić information content (AvgIpc) is 2.79. The van der Waals surface area contributed by atoms with Crippen molar-refractivity contribution in [3.05, 3.63) is 30.1 Å². The highest BCUT2D eigenvalue weighted by molar-refractivity contribution is 7.87. The maximum Gasteiger partial charge on any atom is 0.272 e. The van der Waals surface area contributed by atoms with E-state index in [1.165, 1.54) is 0 Å². The standard InChI is InChI=1S/C11H16N2O3S.2ClH/c1-2-16-17(14,15)11-8-13-7-10(11)9-4-3-5-12-6-9;;/h3-6,10-11,13H,2,7-8H2,1H3;2*1H. The van der Waals surface area contributed by atoms with Crippen LogP contribution in [0, 0.1) is 0 Å². The van der Waals surface area contributed by atoms with Crippen LogP contribution in [0.25, 0.3) is 0 Å². The van der Waals surface area contributed by atoms with E-state index in [4.69, 9.17) is 4.18 Å². The van der Waals surface area contributed by atoms with Crippen LogP contribution < -0.4 is 5.32 Å². The van der Waals surface area contributed by atoms with Gasteiger partial charge in [-0.3, -0.25) is 9.17 Å². The van der Waals surface area contributed by atoms with E-state index < -0.39 is 15.4 Å². The molecule has 1 aromatic heterocycles. The molecule has 0 spiro atoms. The van der Waals surface area contributed by atoms with Crippen LogP contribution in [0.15, 0.2) is 24.5 Å². The van der Waals surface area contributed by atoms with Crippen molar-refractivity contribution < 1.29 is 12.6 Å². The molecular weight excluding hydrogens is 311 g/mol. The first-order valence-corrected chi connectivity index (χ1v) is 7.11. The van der Waals surface area contributed by atoms with Gasteiger partial charge in [-0.25, -0.2) is 0 Å². The number of halogens is 2. The first-order chi connectivity index (χ1) is 8.15. The van der Waals surface area contributed by atoms with Crippen LogP contribution >= 0.6 is 24.8 Å². The van der Waals surface area contributed by atoms with E-state index in [9.17, 15) is 8.42 Å². The predicted molar refractivity (Wildman–Crippen MR) is 78.7 cm³/mol. The molecule has 2 heterocycles. The van der Waals surface area contributed by atoms with Gasteiger partial charge in [-0.2, -0.15) is 8.42 Å². The van der Waals surface area contributed by atoms with Crippen LogP contribution in [0.5, 0.6) is 0 Å². The predicted octanol–water partition coefficient (Wildman–Crippen LogP) is 1.35. The van der Waals surface area contributed by atoms with Crippen molar-refractivity contribution in [2.75, 3.05) is 19.7 Å². The first-order valence-electron chi connectivity index (χ1n) is 5.64. The highest BCUT2D eigenvalue weighted by Gasteiger charge is 2.38. The highest BCUT2D eigenvalue weighted by Crippen LogP contribution is 2.28. The fourth-order valence-electron chi connectivity index (χ4n) is 2.14. The minimum Gasteiger partial charge on any atom is -0.315 e. The highest BCUT2D eigenvalue weighted by atomic mass is 35.5. The van der Waals surface area contributed by atoms with Crippen molar-refractivity contribution in [1.82, 2.24) is 10.3 Å². The Kier molecular flexibility index (Phi) is 7.85. The zero-order valence-corrected chi connectivity index (χ0v) is 12.9. The molecule has 1 aliphatic heterocycles. The van der Waals surface area contributed by atoms with Gasteiger partial charge in [0.2, 0.25) is 0 Å². The topological polar surface area (TPSA) is 68.3 Å². The molecule has 1 saturated heterocycles. The smallest absolute Gasteiger partial charge is 0.272 e. The maximum absolute atomic E-state index is 11.9. The molecule has 5 nitrogen and oxygen atoms in total. The van der Waals surface area contributed by atoms with Crippen LogP contribution in [-0.2, 0) is 14.3 Å². The molecule has 1 aromatic rings. The van der Waals surface area contributed by atoms with E-state index in [0.717, 1.165) is 5.56 Å². The number of hydrogen-bond acceptors (Lipinski definition) is 5. The quantitative estimate of drug-likeness (QED) is 0.845. The summed E-state index contributed by atoms with van der Waals surface area (Å²) in [5.74, 6) is -0.0831. The Bertz CT molecular complexity index is 470. The summed E-state index contributed by atoms with van der Waals surface area (Å²) in [6.07, 6.45) is 3.39. The second kappa shape index (κ2) is 8.01. The fraction of sp³-hybridized carbons (Fsp3) is 0.545. The van der Waals surface area contributed by atoms with Crippen LogP contribution in [-0.4, -0.2) is 38.3 Å². The van der Waals surface area contributed by atoms with Crippen molar-refractivity contribution in [1.29, 1.82) is 0 Å².